The zero-order valence-corrected chi connectivity index (χ0v) is 11.2. The Balaban J connectivity index is 1.57. The van der Waals surface area contributed by atoms with Crippen LogP contribution < -0.4 is 16.0 Å². The fourth-order valence-electron chi connectivity index (χ4n) is 1.81. The molecular formula is C14H15N5O2. The number of H-pyrrole nitrogens is 1. The second kappa shape index (κ2) is 5.66. The van der Waals surface area contributed by atoms with Crippen molar-refractivity contribution in [1.29, 1.82) is 0 Å². The quantitative estimate of drug-likeness (QED) is 0.691. The summed E-state index contributed by atoms with van der Waals surface area (Å²) >= 11 is 0. The lowest BCUT2D eigenvalue weighted by Crippen LogP contribution is -2.30. The van der Waals surface area contributed by atoms with E-state index < -0.39 is 0 Å². The zero-order chi connectivity index (χ0) is 14.7. The summed E-state index contributed by atoms with van der Waals surface area (Å²) in [6.07, 6.45) is 5.20. The molecule has 3 amide bonds. The molecule has 1 saturated carbocycles. The fraction of sp³-hybridized carbons (Fsp3) is 0.214. The van der Waals surface area contributed by atoms with E-state index in [4.69, 9.17) is 0 Å². The van der Waals surface area contributed by atoms with Gasteiger partial charge in [-0.25, -0.2) is 4.79 Å². The highest BCUT2D eigenvalue weighted by Gasteiger charge is 2.23. The Labute approximate surface area is 121 Å². The largest absolute Gasteiger partial charge is 0.335 e. The summed E-state index contributed by atoms with van der Waals surface area (Å²) in [6, 6.07) is 6.79. The highest BCUT2D eigenvalue weighted by atomic mass is 16.2. The van der Waals surface area contributed by atoms with Crippen molar-refractivity contribution < 1.29 is 9.59 Å². The van der Waals surface area contributed by atoms with Crippen LogP contribution in [0.5, 0.6) is 0 Å². The summed E-state index contributed by atoms with van der Waals surface area (Å²) in [5.74, 6) is -0.231. The molecule has 0 radical (unpaired) electrons. The lowest BCUT2D eigenvalue weighted by atomic mass is 10.2. The average Bonchev–Trinajstić information content (AvgIpc) is 3.13. The van der Waals surface area contributed by atoms with Crippen molar-refractivity contribution in [1.82, 2.24) is 15.5 Å². The molecule has 21 heavy (non-hydrogen) atoms. The number of benzene rings is 1. The van der Waals surface area contributed by atoms with Crippen LogP contribution in [-0.4, -0.2) is 28.2 Å². The van der Waals surface area contributed by atoms with Crippen molar-refractivity contribution >= 4 is 23.3 Å². The van der Waals surface area contributed by atoms with Gasteiger partial charge in [0.15, 0.2) is 0 Å². The van der Waals surface area contributed by atoms with Gasteiger partial charge in [-0.1, -0.05) is 0 Å². The third-order valence-corrected chi connectivity index (χ3v) is 3.07. The SMILES string of the molecule is O=C(Nc1ccc(C(=O)Nc2cn[nH]c2)cc1)NC1CC1. The van der Waals surface area contributed by atoms with Gasteiger partial charge in [-0.3, -0.25) is 9.89 Å². The van der Waals surface area contributed by atoms with Crippen LogP contribution in [0.2, 0.25) is 0 Å². The maximum absolute atomic E-state index is 11.9. The molecule has 3 rings (SSSR count). The van der Waals surface area contributed by atoms with Gasteiger partial charge in [-0.2, -0.15) is 5.10 Å². The lowest BCUT2D eigenvalue weighted by Gasteiger charge is -2.07. The minimum atomic E-state index is -0.231. The van der Waals surface area contributed by atoms with Crippen LogP contribution in [0.4, 0.5) is 16.2 Å². The van der Waals surface area contributed by atoms with Gasteiger partial charge in [0, 0.05) is 23.5 Å². The van der Waals surface area contributed by atoms with E-state index in [0.717, 1.165) is 12.8 Å². The molecule has 4 N–H and O–H groups in total. The summed E-state index contributed by atoms with van der Waals surface area (Å²) in [4.78, 5) is 23.5. The van der Waals surface area contributed by atoms with E-state index in [1.807, 2.05) is 0 Å². The highest BCUT2D eigenvalue weighted by Crippen LogP contribution is 2.19. The van der Waals surface area contributed by atoms with Crippen molar-refractivity contribution in [3.05, 3.63) is 42.2 Å². The van der Waals surface area contributed by atoms with E-state index in [1.54, 1.807) is 30.5 Å². The van der Waals surface area contributed by atoms with Gasteiger partial charge >= 0.3 is 6.03 Å². The second-order valence-electron chi connectivity index (χ2n) is 4.89. The number of amides is 3. The molecule has 1 aliphatic carbocycles. The van der Waals surface area contributed by atoms with Gasteiger partial charge in [0.1, 0.15) is 0 Å². The Morgan fingerprint density at radius 1 is 1.10 bits per heavy atom. The first-order valence-corrected chi connectivity index (χ1v) is 6.68. The van der Waals surface area contributed by atoms with E-state index in [9.17, 15) is 9.59 Å². The van der Waals surface area contributed by atoms with E-state index in [0.29, 0.717) is 23.0 Å². The van der Waals surface area contributed by atoms with Crippen molar-refractivity contribution in [3.63, 3.8) is 0 Å². The maximum Gasteiger partial charge on any atom is 0.319 e. The van der Waals surface area contributed by atoms with Crippen molar-refractivity contribution in [2.75, 3.05) is 10.6 Å². The third kappa shape index (κ3) is 3.59. The molecule has 2 aromatic rings. The summed E-state index contributed by atoms with van der Waals surface area (Å²) in [7, 11) is 0. The molecular weight excluding hydrogens is 270 g/mol. The van der Waals surface area contributed by atoms with Crippen molar-refractivity contribution in [3.8, 4) is 0 Å². The van der Waals surface area contributed by atoms with Gasteiger partial charge in [-0.05, 0) is 37.1 Å². The Kier molecular flexibility index (Phi) is 3.55. The Bertz CT molecular complexity index is 632. The fourth-order valence-corrected chi connectivity index (χ4v) is 1.81. The first-order valence-electron chi connectivity index (χ1n) is 6.68. The monoisotopic (exact) mass is 285 g/mol. The number of nitrogens with zero attached hydrogens (tertiary/aromatic N) is 1. The van der Waals surface area contributed by atoms with Gasteiger partial charge < -0.3 is 16.0 Å². The lowest BCUT2D eigenvalue weighted by molar-refractivity contribution is 0.102. The first-order chi connectivity index (χ1) is 10.2. The van der Waals surface area contributed by atoms with Crippen molar-refractivity contribution in [2.45, 2.75) is 18.9 Å². The number of carbonyl (C=O) groups excluding carboxylic acids is 2. The topological polar surface area (TPSA) is 98.9 Å². The van der Waals surface area contributed by atoms with E-state index in [2.05, 4.69) is 26.1 Å². The van der Waals surface area contributed by atoms with Gasteiger partial charge in [0.25, 0.3) is 5.91 Å². The average molecular weight is 285 g/mol. The smallest absolute Gasteiger partial charge is 0.319 e. The number of hydrogen-bond donors (Lipinski definition) is 4. The number of rotatable bonds is 4. The third-order valence-electron chi connectivity index (χ3n) is 3.07. The highest BCUT2D eigenvalue weighted by molar-refractivity contribution is 6.04. The second-order valence-corrected chi connectivity index (χ2v) is 4.89. The van der Waals surface area contributed by atoms with Crippen LogP contribution in [0.15, 0.2) is 36.7 Å². The van der Waals surface area contributed by atoms with Crippen LogP contribution in [0.1, 0.15) is 23.2 Å². The minimum Gasteiger partial charge on any atom is -0.335 e. The Morgan fingerprint density at radius 2 is 1.86 bits per heavy atom. The predicted octanol–water partition coefficient (Wildman–Crippen LogP) is 1.95. The van der Waals surface area contributed by atoms with Crippen LogP contribution in [0.25, 0.3) is 0 Å². The molecule has 7 heteroatoms. The molecule has 108 valence electrons. The van der Waals surface area contributed by atoms with Gasteiger partial charge in [0.2, 0.25) is 0 Å². The molecule has 0 bridgehead atoms. The normalized spacial score (nSPS) is 13.5. The molecule has 0 atom stereocenters. The van der Waals surface area contributed by atoms with Crippen molar-refractivity contribution in [2.24, 2.45) is 0 Å². The summed E-state index contributed by atoms with van der Waals surface area (Å²) in [5.41, 5.74) is 1.75. The number of urea groups is 1. The molecule has 7 nitrogen and oxygen atoms in total. The first kappa shape index (κ1) is 13.2. The molecule has 1 aliphatic rings. The summed E-state index contributed by atoms with van der Waals surface area (Å²) < 4.78 is 0. The van der Waals surface area contributed by atoms with E-state index in [-0.39, 0.29) is 11.9 Å². The standard InChI is InChI=1S/C14H15N5O2/c20-13(17-12-7-15-16-8-12)9-1-3-10(4-2-9)18-14(21)19-11-5-6-11/h1-4,7-8,11H,5-6H2,(H,15,16)(H,17,20)(H2,18,19,21). The number of aromatic nitrogens is 2. The van der Waals surface area contributed by atoms with Crippen LogP contribution in [-0.2, 0) is 0 Å². The molecule has 0 saturated heterocycles. The molecule has 1 aromatic carbocycles. The number of aromatic amines is 1. The Hall–Kier alpha value is -2.83. The predicted molar refractivity (Wildman–Crippen MR) is 78.2 cm³/mol. The molecule has 1 fully saturated rings. The van der Waals surface area contributed by atoms with Crippen LogP contribution in [0, 0.1) is 0 Å². The van der Waals surface area contributed by atoms with E-state index >= 15 is 0 Å². The van der Waals surface area contributed by atoms with E-state index in [1.165, 1.54) is 6.20 Å². The molecule has 1 aromatic heterocycles. The zero-order valence-electron chi connectivity index (χ0n) is 11.2. The minimum absolute atomic E-state index is 0.215. The molecule has 0 aliphatic heterocycles. The van der Waals surface area contributed by atoms with Gasteiger partial charge in [0.05, 0.1) is 11.9 Å². The maximum atomic E-state index is 11.9. The Morgan fingerprint density at radius 3 is 2.48 bits per heavy atom. The number of hydrogen-bond acceptors (Lipinski definition) is 3. The number of carbonyl (C=O) groups is 2. The summed E-state index contributed by atoms with van der Waals surface area (Å²) in [5, 5.41) is 14.6. The summed E-state index contributed by atoms with van der Waals surface area (Å²) in [6.45, 7) is 0. The molecule has 0 spiro atoms. The van der Waals surface area contributed by atoms with Crippen LogP contribution >= 0.6 is 0 Å². The molecule has 0 unspecified atom stereocenters. The number of anilines is 2. The molecule has 1 heterocycles. The van der Waals surface area contributed by atoms with Gasteiger partial charge in [-0.15, -0.1) is 0 Å². The van der Waals surface area contributed by atoms with Crippen LogP contribution in [0.3, 0.4) is 0 Å². The number of nitrogens with one attached hydrogen (secondary N) is 4.